The highest BCUT2D eigenvalue weighted by Gasteiger charge is 2.09. The second-order valence-electron chi connectivity index (χ2n) is 5.12. The Kier molecular flexibility index (Phi) is 8.64. The van der Waals surface area contributed by atoms with Gasteiger partial charge in [0.05, 0.1) is 6.61 Å². The molecule has 0 N–H and O–H groups in total. The smallest absolute Gasteiger partial charge is 0.122 e. The van der Waals surface area contributed by atoms with Gasteiger partial charge in [-0.25, -0.2) is 0 Å². The zero-order valence-electron chi connectivity index (χ0n) is 12.7. The summed E-state index contributed by atoms with van der Waals surface area (Å²) in [6.07, 6.45) is 5.12. The van der Waals surface area contributed by atoms with Crippen LogP contribution in [-0.4, -0.2) is 16.1 Å². The fourth-order valence-corrected chi connectivity index (χ4v) is 2.97. The van der Waals surface area contributed by atoms with Crippen LogP contribution in [0.1, 0.15) is 52.0 Å². The lowest BCUT2D eigenvalue weighted by molar-refractivity contribution is 0.232. The summed E-state index contributed by atoms with van der Waals surface area (Å²) in [4.78, 5) is 0. The van der Waals surface area contributed by atoms with Gasteiger partial charge in [-0.15, -0.1) is 0 Å². The minimum Gasteiger partial charge on any atom is -0.493 e. The third kappa shape index (κ3) is 6.28. The Balaban J connectivity index is 2.50. The van der Waals surface area contributed by atoms with Crippen molar-refractivity contribution in [2.45, 2.75) is 58.5 Å². The summed E-state index contributed by atoms with van der Waals surface area (Å²) in [5, 5.41) is 0. The molecular weight excluding hydrogens is 248 g/mol. The molecule has 0 saturated carbocycles. The van der Waals surface area contributed by atoms with Crippen molar-refractivity contribution in [2.24, 2.45) is 5.92 Å². The summed E-state index contributed by atoms with van der Waals surface area (Å²) in [5.41, 5.74) is 1.38. The van der Waals surface area contributed by atoms with E-state index in [2.05, 4.69) is 45.0 Å². The molecule has 1 aromatic rings. The first-order valence-corrected chi connectivity index (χ1v) is 9.14. The minimum absolute atomic E-state index is 0.710. The molecule has 0 amide bonds. The van der Waals surface area contributed by atoms with Gasteiger partial charge in [-0.05, 0) is 30.0 Å². The molecule has 0 saturated heterocycles. The summed E-state index contributed by atoms with van der Waals surface area (Å²) < 4.78 is 6.09. The number of unbranched alkanes of at least 4 members (excludes halogenated alkanes) is 1. The molecule has 0 bridgehead atoms. The lowest BCUT2D eigenvalue weighted by atomic mass is 10.0. The summed E-state index contributed by atoms with van der Waals surface area (Å²) in [6, 6.07) is 11.0. The molecule has 1 aromatic carbocycles. The maximum absolute atomic E-state index is 6.09. The predicted molar refractivity (Wildman–Crippen MR) is 85.2 cm³/mol. The number of hydrogen-bond acceptors (Lipinski definition) is 1. The van der Waals surface area contributed by atoms with E-state index < -0.39 is 0 Å². The highest BCUT2D eigenvalue weighted by atomic mass is 28.2. The number of ether oxygens (including phenoxy) is 1. The summed E-state index contributed by atoms with van der Waals surface area (Å²) in [7, 11) is 1.01. The van der Waals surface area contributed by atoms with E-state index in [4.69, 9.17) is 4.74 Å². The van der Waals surface area contributed by atoms with E-state index in [1.54, 1.807) is 0 Å². The van der Waals surface area contributed by atoms with Gasteiger partial charge in [0.15, 0.2) is 0 Å². The molecule has 0 fully saturated rings. The summed E-state index contributed by atoms with van der Waals surface area (Å²) >= 11 is 0. The second-order valence-corrected chi connectivity index (χ2v) is 6.68. The van der Waals surface area contributed by atoms with E-state index in [0.717, 1.165) is 21.9 Å². The van der Waals surface area contributed by atoms with Crippen LogP contribution in [0.5, 0.6) is 5.75 Å². The lowest BCUT2D eigenvalue weighted by Crippen LogP contribution is -2.12. The molecular formula is C17H28OSi. The molecule has 0 aromatic heterocycles. The third-order valence-corrected chi connectivity index (χ3v) is 4.69. The molecule has 1 unspecified atom stereocenters. The van der Waals surface area contributed by atoms with Gasteiger partial charge in [0.1, 0.15) is 5.75 Å². The summed E-state index contributed by atoms with van der Waals surface area (Å²) in [5.74, 6) is 1.82. The van der Waals surface area contributed by atoms with Crippen LogP contribution in [-0.2, 0) is 6.04 Å². The molecule has 0 spiro atoms. The zero-order chi connectivity index (χ0) is 13.9. The Hall–Kier alpha value is -0.763. The number of benzene rings is 1. The molecule has 0 heterocycles. The molecule has 1 rings (SSSR count). The van der Waals surface area contributed by atoms with Crippen LogP contribution >= 0.6 is 0 Å². The number of rotatable bonds is 10. The SMILES string of the molecule is CCCCC(CC)COc1ccccc1C[Si]CC. The molecule has 2 heteroatoms. The van der Waals surface area contributed by atoms with E-state index in [0.29, 0.717) is 5.92 Å². The molecule has 19 heavy (non-hydrogen) atoms. The van der Waals surface area contributed by atoms with Crippen molar-refractivity contribution in [3.05, 3.63) is 29.8 Å². The third-order valence-electron chi connectivity index (χ3n) is 3.56. The van der Waals surface area contributed by atoms with Crippen molar-refractivity contribution in [1.82, 2.24) is 0 Å². The van der Waals surface area contributed by atoms with Crippen LogP contribution in [0.15, 0.2) is 24.3 Å². The van der Waals surface area contributed by atoms with Crippen LogP contribution in [0, 0.1) is 5.92 Å². The Labute approximate surface area is 121 Å². The van der Waals surface area contributed by atoms with Gasteiger partial charge < -0.3 is 4.74 Å². The fraction of sp³-hybridized carbons (Fsp3) is 0.647. The van der Waals surface area contributed by atoms with Crippen LogP contribution in [0.4, 0.5) is 0 Å². The summed E-state index contributed by atoms with van der Waals surface area (Å²) in [6.45, 7) is 7.66. The van der Waals surface area contributed by atoms with Crippen molar-refractivity contribution in [3.63, 3.8) is 0 Å². The standard InChI is InChI=1S/C17H28OSi/c1-4-7-10-15(5-2)13-18-17-12-9-8-11-16(17)14-19-6-3/h8-9,11-12,15H,4-7,10,13-14H2,1-3H3. The van der Waals surface area contributed by atoms with Crippen LogP contribution < -0.4 is 4.74 Å². The van der Waals surface area contributed by atoms with E-state index in [9.17, 15) is 0 Å². The average molecular weight is 276 g/mol. The monoisotopic (exact) mass is 276 g/mol. The highest BCUT2D eigenvalue weighted by Crippen LogP contribution is 2.21. The van der Waals surface area contributed by atoms with Gasteiger partial charge in [-0.3, -0.25) is 0 Å². The van der Waals surface area contributed by atoms with Crippen molar-refractivity contribution in [2.75, 3.05) is 6.61 Å². The van der Waals surface area contributed by atoms with Crippen LogP contribution in [0.2, 0.25) is 6.04 Å². The quantitative estimate of drug-likeness (QED) is 0.551. The van der Waals surface area contributed by atoms with Gasteiger partial charge >= 0.3 is 0 Å². The number of hydrogen-bond donors (Lipinski definition) is 0. The van der Waals surface area contributed by atoms with Gasteiger partial charge in [-0.1, -0.05) is 64.3 Å². The minimum atomic E-state index is 0.710. The fourth-order valence-electron chi connectivity index (χ4n) is 2.16. The van der Waals surface area contributed by atoms with Gasteiger partial charge in [0.25, 0.3) is 0 Å². The maximum atomic E-state index is 6.09. The van der Waals surface area contributed by atoms with Gasteiger partial charge in [-0.2, -0.15) is 0 Å². The Bertz CT molecular complexity index is 338. The molecule has 1 nitrogen and oxygen atoms in total. The predicted octanol–water partition coefficient (Wildman–Crippen LogP) is 4.92. The molecule has 2 radical (unpaired) electrons. The van der Waals surface area contributed by atoms with Crippen molar-refractivity contribution >= 4 is 9.52 Å². The molecule has 1 atom stereocenters. The van der Waals surface area contributed by atoms with E-state index in [1.165, 1.54) is 43.3 Å². The van der Waals surface area contributed by atoms with Crippen molar-refractivity contribution in [1.29, 1.82) is 0 Å². The van der Waals surface area contributed by atoms with Gasteiger partial charge in [0, 0.05) is 9.52 Å². The Morgan fingerprint density at radius 2 is 1.95 bits per heavy atom. The van der Waals surface area contributed by atoms with E-state index in [-0.39, 0.29) is 0 Å². The first kappa shape index (κ1) is 16.3. The largest absolute Gasteiger partial charge is 0.493 e. The normalized spacial score (nSPS) is 12.4. The second kappa shape index (κ2) is 10.1. The Morgan fingerprint density at radius 3 is 2.63 bits per heavy atom. The highest BCUT2D eigenvalue weighted by molar-refractivity contribution is 6.34. The zero-order valence-corrected chi connectivity index (χ0v) is 13.7. The number of para-hydroxylation sites is 1. The first-order valence-electron chi connectivity index (χ1n) is 7.73. The van der Waals surface area contributed by atoms with E-state index >= 15 is 0 Å². The van der Waals surface area contributed by atoms with Crippen LogP contribution in [0.3, 0.4) is 0 Å². The van der Waals surface area contributed by atoms with Crippen molar-refractivity contribution in [3.8, 4) is 5.75 Å². The molecule has 0 aliphatic heterocycles. The molecule has 106 valence electrons. The lowest BCUT2D eigenvalue weighted by Gasteiger charge is -2.17. The Morgan fingerprint density at radius 1 is 1.16 bits per heavy atom. The average Bonchev–Trinajstić information content (AvgIpc) is 2.46. The molecule has 0 aliphatic carbocycles. The first-order chi connectivity index (χ1) is 9.31. The van der Waals surface area contributed by atoms with Crippen LogP contribution in [0.25, 0.3) is 0 Å². The molecule has 0 aliphatic rings. The topological polar surface area (TPSA) is 9.23 Å². The maximum Gasteiger partial charge on any atom is 0.122 e. The van der Waals surface area contributed by atoms with Crippen molar-refractivity contribution < 1.29 is 4.74 Å². The van der Waals surface area contributed by atoms with Gasteiger partial charge in [0.2, 0.25) is 0 Å². The van der Waals surface area contributed by atoms with E-state index in [1.807, 2.05) is 0 Å².